The largest absolute Gasteiger partial charge is 0.357 e. The highest BCUT2D eigenvalue weighted by Gasteiger charge is 2.21. The molecule has 0 radical (unpaired) electrons. The molecular weight excluding hydrogens is 395 g/mol. The first-order valence-electron chi connectivity index (χ1n) is 6.30. The van der Waals surface area contributed by atoms with Gasteiger partial charge in [-0.05, 0) is 18.4 Å². The molecule has 1 aromatic heterocycles. The lowest BCUT2D eigenvalue weighted by atomic mass is 9.92. The Bertz CT molecular complexity index is 394. The first-order valence-corrected chi connectivity index (χ1v) is 7.18. The lowest BCUT2D eigenvalue weighted by Gasteiger charge is -2.21. The molecule has 0 aliphatic rings. The molecule has 2 N–H and O–H groups in total. The minimum absolute atomic E-state index is 0. The van der Waals surface area contributed by atoms with Crippen molar-refractivity contribution in [2.24, 2.45) is 4.99 Å². The number of aliphatic imine (C=N–C) groups is 1. The molecule has 0 saturated heterocycles. The first kappa shape index (κ1) is 19.6. The number of hydrogen-bond acceptors (Lipinski definition) is 2. The van der Waals surface area contributed by atoms with E-state index in [1.165, 1.54) is 4.88 Å². The fourth-order valence-corrected chi connectivity index (χ4v) is 2.38. The van der Waals surface area contributed by atoms with E-state index >= 15 is 0 Å². The second-order valence-corrected chi connectivity index (χ2v) is 5.78. The van der Waals surface area contributed by atoms with E-state index in [1.807, 2.05) is 18.4 Å². The summed E-state index contributed by atoms with van der Waals surface area (Å²) < 4.78 is 24.4. The van der Waals surface area contributed by atoms with Crippen molar-refractivity contribution in [1.82, 2.24) is 10.6 Å². The van der Waals surface area contributed by atoms with E-state index in [-0.39, 0.29) is 35.9 Å². The molecule has 3 nitrogen and oxygen atoms in total. The summed E-state index contributed by atoms with van der Waals surface area (Å²) in [5.74, 6) is 0.437. The minimum atomic E-state index is -2.38. The quantitative estimate of drug-likeness (QED) is 0.423. The third-order valence-electron chi connectivity index (χ3n) is 2.59. The van der Waals surface area contributed by atoms with Gasteiger partial charge in [-0.2, -0.15) is 0 Å². The second kappa shape index (κ2) is 9.49. The number of hydrogen-bond donors (Lipinski definition) is 2. The van der Waals surface area contributed by atoms with Crippen molar-refractivity contribution in [3.05, 3.63) is 22.4 Å². The molecule has 0 saturated carbocycles. The molecule has 0 aliphatic heterocycles. The molecule has 1 rings (SSSR count). The number of alkyl halides is 2. The van der Waals surface area contributed by atoms with Gasteiger partial charge in [0.2, 0.25) is 0 Å². The molecule has 7 heteroatoms. The first-order chi connectivity index (χ1) is 8.95. The van der Waals surface area contributed by atoms with Crippen LogP contribution in [0.1, 0.15) is 25.6 Å². The summed E-state index contributed by atoms with van der Waals surface area (Å²) in [5.41, 5.74) is -0.0959. The predicted molar refractivity (Wildman–Crippen MR) is 92.7 cm³/mol. The van der Waals surface area contributed by atoms with Gasteiger partial charge in [0.15, 0.2) is 5.96 Å². The smallest absolute Gasteiger partial charge is 0.255 e. The summed E-state index contributed by atoms with van der Waals surface area (Å²) in [6.07, 6.45) is -2.38. The van der Waals surface area contributed by atoms with Crippen LogP contribution in [0.5, 0.6) is 0 Å². The van der Waals surface area contributed by atoms with Gasteiger partial charge in [0.1, 0.15) is 0 Å². The van der Waals surface area contributed by atoms with E-state index in [2.05, 4.69) is 35.5 Å². The topological polar surface area (TPSA) is 36.4 Å². The minimum Gasteiger partial charge on any atom is -0.357 e. The van der Waals surface area contributed by atoms with Gasteiger partial charge >= 0.3 is 0 Å². The third-order valence-corrected chi connectivity index (χ3v) is 3.82. The van der Waals surface area contributed by atoms with Crippen LogP contribution in [0.3, 0.4) is 0 Å². The molecule has 0 aliphatic carbocycles. The average molecular weight is 417 g/mol. The highest BCUT2D eigenvalue weighted by Crippen LogP contribution is 2.27. The van der Waals surface area contributed by atoms with E-state index in [0.717, 1.165) is 0 Å². The van der Waals surface area contributed by atoms with Crippen LogP contribution in [-0.2, 0) is 5.41 Å². The Morgan fingerprint density at radius 2 is 2.10 bits per heavy atom. The zero-order valence-corrected chi connectivity index (χ0v) is 15.1. The fourth-order valence-electron chi connectivity index (χ4n) is 1.53. The van der Waals surface area contributed by atoms with Crippen molar-refractivity contribution < 1.29 is 8.78 Å². The van der Waals surface area contributed by atoms with Gasteiger partial charge in [0.05, 0.1) is 13.1 Å². The molecule has 0 aromatic carbocycles. The number of nitrogens with one attached hydrogen (secondary N) is 2. The van der Waals surface area contributed by atoms with E-state index < -0.39 is 6.43 Å². The van der Waals surface area contributed by atoms with Gasteiger partial charge in [-0.3, -0.25) is 4.99 Å². The molecule has 1 heterocycles. The van der Waals surface area contributed by atoms with Gasteiger partial charge in [-0.25, -0.2) is 8.78 Å². The van der Waals surface area contributed by atoms with Crippen LogP contribution >= 0.6 is 35.3 Å². The highest BCUT2D eigenvalue weighted by atomic mass is 127. The number of rotatable bonds is 6. The molecular formula is C13H22F2IN3S. The fraction of sp³-hybridized carbons (Fsp3) is 0.615. The van der Waals surface area contributed by atoms with Crippen molar-refractivity contribution in [3.8, 4) is 0 Å². The summed E-state index contributed by atoms with van der Waals surface area (Å²) in [5, 5.41) is 7.62. The Balaban J connectivity index is 0.00000361. The van der Waals surface area contributed by atoms with Gasteiger partial charge in [-0.1, -0.05) is 19.9 Å². The molecule has 20 heavy (non-hydrogen) atoms. The van der Waals surface area contributed by atoms with Crippen LogP contribution in [0.2, 0.25) is 0 Å². The van der Waals surface area contributed by atoms with Crippen LogP contribution in [0.25, 0.3) is 0 Å². The normalized spacial score (nSPS) is 12.2. The zero-order valence-electron chi connectivity index (χ0n) is 12.0. The van der Waals surface area contributed by atoms with E-state index in [0.29, 0.717) is 19.0 Å². The van der Waals surface area contributed by atoms with E-state index in [4.69, 9.17) is 0 Å². The van der Waals surface area contributed by atoms with Crippen molar-refractivity contribution in [2.75, 3.05) is 19.6 Å². The third kappa shape index (κ3) is 6.83. The van der Waals surface area contributed by atoms with Crippen LogP contribution in [0.4, 0.5) is 8.78 Å². The molecule has 0 amide bonds. The molecule has 0 atom stereocenters. The molecule has 0 fully saturated rings. The SMILES string of the molecule is CCNC(=NCC(C)(C)c1cccs1)NCC(F)F.I. The number of guanidine groups is 1. The standard InChI is InChI=1S/C13H21F2N3S.HI/c1-4-16-12(17-8-11(14)15)18-9-13(2,3)10-6-5-7-19-10;/h5-7,11H,4,8-9H2,1-3H3,(H2,16,17,18);1H. The average Bonchev–Trinajstić information content (AvgIpc) is 2.87. The molecule has 116 valence electrons. The molecule has 1 aromatic rings. The van der Waals surface area contributed by atoms with Crippen molar-refractivity contribution in [2.45, 2.75) is 32.6 Å². The summed E-state index contributed by atoms with van der Waals surface area (Å²) in [7, 11) is 0. The van der Waals surface area contributed by atoms with Crippen LogP contribution in [0, 0.1) is 0 Å². The maximum absolute atomic E-state index is 12.2. The van der Waals surface area contributed by atoms with Gasteiger partial charge in [-0.15, -0.1) is 35.3 Å². The monoisotopic (exact) mass is 417 g/mol. The molecule has 0 spiro atoms. The van der Waals surface area contributed by atoms with Gasteiger partial charge in [0, 0.05) is 16.8 Å². The predicted octanol–water partition coefficient (Wildman–Crippen LogP) is 3.46. The Morgan fingerprint density at radius 3 is 2.60 bits per heavy atom. The van der Waals surface area contributed by atoms with Crippen LogP contribution < -0.4 is 10.6 Å². The maximum Gasteiger partial charge on any atom is 0.255 e. The van der Waals surface area contributed by atoms with E-state index in [1.54, 1.807) is 11.3 Å². The summed E-state index contributed by atoms with van der Waals surface area (Å²) in [6, 6.07) is 4.07. The molecule has 0 bridgehead atoms. The lowest BCUT2D eigenvalue weighted by Crippen LogP contribution is -2.40. The zero-order chi connectivity index (χ0) is 14.3. The number of thiophene rings is 1. The Labute approximate surface area is 140 Å². The number of halogens is 3. The highest BCUT2D eigenvalue weighted by molar-refractivity contribution is 14.0. The summed E-state index contributed by atoms with van der Waals surface area (Å²) >= 11 is 1.68. The Morgan fingerprint density at radius 1 is 1.40 bits per heavy atom. The van der Waals surface area contributed by atoms with Crippen molar-refractivity contribution >= 4 is 41.3 Å². The Kier molecular flexibility index (Phi) is 9.28. The van der Waals surface area contributed by atoms with Crippen LogP contribution in [-0.4, -0.2) is 32.0 Å². The van der Waals surface area contributed by atoms with Gasteiger partial charge in [0.25, 0.3) is 6.43 Å². The maximum atomic E-state index is 12.2. The Hall–Kier alpha value is -0.440. The number of nitrogens with zero attached hydrogens (tertiary/aromatic N) is 1. The van der Waals surface area contributed by atoms with Crippen molar-refractivity contribution in [1.29, 1.82) is 0 Å². The van der Waals surface area contributed by atoms with E-state index in [9.17, 15) is 8.78 Å². The molecule has 0 unspecified atom stereocenters. The van der Waals surface area contributed by atoms with Gasteiger partial charge < -0.3 is 10.6 Å². The second-order valence-electron chi connectivity index (χ2n) is 4.83. The van der Waals surface area contributed by atoms with Crippen LogP contribution in [0.15, 0.2) is 22.5 Å². The van der Waals surface area contributed by atoms with Crippen molar-refractivity contribution in [3.63, 3.8) is 0 Å². The lowest BCUT2D eigenvalue weighted by molar-refractivity contribution is 0.152. The summed E-state index contributed by atoms with van der Waals surface area (Å²) in [6.45, 7) is 6.91. The summed E-state index contributed by atoms with van der Waals surface area (Å²) in [4.78, 5) is 5.62.